The van der Waals surface area contributed by atoms with Crippen molar-refractivity contribution in [2.24, 2.45) is 5.73 Å². The monoisotopic (exact) mass is 336 g/mol. The predicted molar refractivity (Wildman–Crippen MR) is 97.4 cm³/mol. The van der Waals surface area contributed by atoms with Crippen molar-refractivity contribution in [3.8, 4) is 11.6 Å². The Bertz CT molecular complexity index is 992. The summed E-state index contributed by atoms with van der Waals surface area (Å²) in [4.78, 5) is 18.7. The lowest BCUT2D eigenvalue weighted by atomic mass is 10.1. The van der Waals surface area contributed by atoms with Crippen LogP contribution in [0.2, 0.25) is 0 Å². The number of aromatic nitrogens is 2. The first-order valence-corrected chi connectivity index (χ1v) is 8.19. The zero-order valence-corrected chi connectivity index (χ0v) is 14.5. The van der Waals surface area contributed by atoms with E-state index in [1.54, 1.807) is 19.1 Å². The maximum absolute atomic E-state index is 12.4. The van der Waals surface area contributed by atoms with Crippen LogP contribution in [-0.4, -0.2) is 35.7 Å². The molecule has 1 aliphatic rings. The van der Waals surface area contributed by atoms with Crippen molar-refractivity contribution in [2.45, 2.75) is 19.4 Å². The molecule has 128 valence electrons. The van der Waals surface area contributed by atoms with Crippen LogP contribution in [0.4, 0.5) is 5.69 Å². The number of nitrogens with zero attached hydrogens (tertiary/aromatic N) is 3. The van der Waals surface area contributed by atoms with Gasteiger partial charge in [0.25, 0.3) is 0 Å². The molecule has 2 aromatic heterocycles. The lowest BCUT2D eigenvalue weighted by Gasteiger charge is -2.19. The van der Waals surface area contributed by atoms with Crippen LogP contribution in [0, 0.1) is 6.92 Å². The van der Waals surface area contributed by atoms with Crippen LogP contribution in [0.5, 0.6) is 5.75 Å². The molecule has 0 saturated carbocycles. The highest BCUT2D eigenvalue weighted by molar-refractivity contribution is 6.08. The molecule has 0 aliphatic carbocycles. The molecule has 1 atom stereocenters. The second-order valence-corrected chi connectivity index (χ2v) is 6.38. The van der Waals surface area contributed by atoms with E-state index in [1.807, 2.05) is 48.0 Å². The summed E-state index contributed by atoms with van der Waals surface area (Å²) in [6, 6.07) is 9.21. The first-order valence-electron chi connectivity index (χ1n) is 8.19. The zero-order chi connectivity index (χ0) is 17.7. The van der Waals surface area contributed by atoms with Gasteiger partial charge in [-0.05, 0) is 43.2 Å². The Balaban J connectivity index is 2.04. The minimum atomic E-state index is -0.552. The highest BCUT2D eigenvalue weighted by Crippen LogP contribution is 2.37. The summed E-state index contributed by atoms with van der Waals surface area (Å²) in [5, 5.41) is 1.04. The lowest BCUT2D eigenvalue weighted by Crippen LogP contribution is -2.42. The van der Waals surface area contributed by atoms with Gasteiger partial charge in [0.2, 0.25) is 5.91 Å². The van der Waals surface area contributed by atoms with Gasteiger partial charge < -0.3 is 15.4 Å². The number of carbonyl (C=O) groups is 1. The molecule has 25 heavy (non-hydrogen) atoms. The largest absolute Gasteiger partial charge is 0.493 e. The molecular weight excluding hydrogens is 316 g/mol. The van der Waals surface area contributed by atoms with E-state index in [4.69, 9.17) is 10.5 Å². The molecule has 1 unspecified atom stereocenters. The average Bonchev–Trinajstić information content (AvgIpc) is 2.94. The summed E-state index contributed by atoms with van der Waals surface area (Å²) < 4.78 is 7.53. The van der Waals surface area contributed by atoms with Crippen molar-refractivity contribution in [3.63, 3.8) is 0 Å². The van der Waals surface area contributed by atoms with Gasteiger partial charge in [0.15, 0.2) is 11.6 Å². The van der Waals surface area contributed by atoms with Crippen molar-refractivity contribution in [1.82, 2.24) is 9.55 Å². The Morgan fingerprint density at radius 2 is 2.08 bits per heavy atom. The fourth-order valence-electron chi connectivity index (χ4n) is 3.51. The Morgan fingerprint density at radius 1 is 1.28 bits per heavy atom. The number of carbonyl (C=O) groups excluding carboxylic acids is 1. The van der Waals surface area contributed by atoms with E-state index in [1.165, 1.54) is 0 Å². The number of anilines is 1. The fraction of sp³-hybridized carbons (Fsp3) is 0.263. The molecule has 0 bridgehead atoms. The summed E-state index contributed by atoms with van der Waals surface area (Å²) in [5.41, 5.74) is 9.92. The summed E-state index contributed by atoms with van der Waals surface area (Å²) in [5.74, 6) is 1.37. The van der Waals surface area contributed by atoms with E-state index in [0.717, 1.165) is 33.7 Å². The smallest absolute Gasteiger partial charge is 0.243 e. The first kappa shape index (κ1) is 15.7. The molecule has 0 fully saturated rings. The molecule has 2 N–H and O–H groups in total. The summed E-state index contributed by atoms with van der Waals surface area (Å²) in [6.45, 7) is 1.95. The second kappa shape index (κ2) is 5.60. The molecule has 3 aromatic rings. The number of nitrogens with two attached hydrogens (primary N) is 1. The third-order valence-corrected chi connectivity index (χ3v) is 4.76. The Hall–Kier alpha value is -2.86. The van der Waals surface area contributed by atoms with Gasteiger partial charge in [-0.25, -0.2) is 4.98 Å². The number of amides is 1. The SMILES string of the molecule is COc1ccc(C)nc1-n1cc2c3c(cccc31)N(C)C(=O)C(N)C2. The van der Waals surface area contributed by atoms with Gasteiger partial charge >= 0.3 is 0 Å². The Morgan fingerprint density at radius 3 is 2.84 bits per heavy atom. The minimum absolute atomic E-state index is 0.0680. The van der Waals surface area contributed by atoms with Crippen molar-refractivity contribution in [1.29, 1.82) is 0 Å². The predicted octanol–water partition coefficient (Wildman–Crippen LogP) is 2.19. The summed E-state index contributed by atoms with van der Waals surface area (Å²) >= 11 is 0. The highest BCUT2D eigenvalue weighted by Gasteiger charge is 2.28. The maximum Gasteiger partial charge on any atom is 0.243 e. The summed E-state index contributed by atoms with van der Waals surface area (Å²) in [6.07, 6.45) is 2.52. The normalized spacial score (nSPS) is 17.0. The second-order valence-electron chi connectivity index (χ2n) is 6.38. The molecule has 6 heteroatoms. The van der Waals surface area contributed by atoms with Crippen LogP contribution < -0.4 is 15.4 Å². The van der Waals surface area contributed by atoms with E-state index in [9.17, 15) is 4.79 Å². The van der Waals surface area contributed by atoms with Crippen LogP contribution in [0.3, 0.4) is 0 Å². The van der Waals surface area contributed by atoms with Crippen molar-refractivity contribution in [3.05, 3.63) is 47.8 Å². The van der Waals surface area contributed by atoms with Crippen molar-refractivity contribution in [2.75, 3.05) is 19.1 Å². The quantitative estimate of drug-likeness (QED) is 0.778. The van der Waals surface area contributed by atoms with Crippen LogP contribution in [0.1, 0.15) is 11.3 Å². The molecule has 0 saturated heterocycles. The topological polar surface area (TPSA) is 73.4 Å². The summed E-state index contributed by atoms with van der Waals surface area (Å²) in [7, 11) is 3.41. The van der Waals surface area contributed by atoms with Crippen LogP contribution in [-0.2, 0) is 11.2 Å². The Labute approximate surface area is 145 Å². The molecule has 1 aliphatic heterocycles. The fourth-order valence-corrected chi connectivity index (χ4v) is 3.51. The van der Waals surface area contributed by atoms with Gasteiger partial charge in [0.05, 0.1) is 24.4 Å². The number of ether oxygens (including phenoxy) is 1. The number of methoxy groups -OCH3 is 1. The molecule has 4 rings (SSSR count). The van der Waals surface area contributed by atoms with Gasteiger partial charge in [-0.1, -0.05) is 6.07 Å². The van der Waals surface area contributed by atoms with E-state index in [2.05, 4.69) is 4.98 Å². The number of aryl methyl sites for hydroxylation is 1. The number of likely N-dealkylation sites (N-methyl/N-ethyl adjacent to an activating group) is 1. The van der Waals surface area contributed by atoms with Crippen LogP contribution in [0.15, 0.2) is 36.5 Å². The minimum Gasteiger partial charge on any atom is -0.493 e. The lowest BCUT2D eigenvalue weighted by molar-refractivity contribution is -0.119. The van der Waals surface area contributed by atoms with Gasteiger partial charge in [0.1, 0.15) is 0 Å². The van der Waals surface area contributed by atoms with Crippen LogP contribution >= 0.6 is 0 Å². The third-order valence-electron chi connectivity index (χ3n) is 4.76. The number of hydrogen-bond acceptors (Lipinski definition) is 4. The molecule has 0 radical (unpaired) electrons. The van der Waals surface area contributed by atoms with Crippen LogP contribution in [0.25, 0.3) is 16.7 Å². The van der Waals surface area contributed by atoms with Gasteiger partial charge in [-0.15, -0.1) is 0 Å². The molecular formula is C19H20N4O2. The van der Waals surface area contributed by atoms with Crippen molar-refractivity contribution < 1.29 is 9.53 Å². The van der Waals surface area contributed by atoms with Gasteiger partial charge in [-0.2, -0.15) is 0 Å². The maximum atomic E-state index is 12.4. The third kappa shape index (κ3) is 2.29. The standard InChI is InChI=1S/C19H20N4O2/c1-11-7-8-16(25-3)18(21-11)23-10-12-9-13(20)19(24)22(2)14-5-4-6-15(23)17(12)14/h4-8,10,13H,9,20H2,1-3H3. The average molecular weight is 336 g/mol. The number of pyridine rings is 1. The molecule has 1 aromatic carbocycles. The number of benzene rings is 1. The van der Waals surface area contributed by atoms with E-state index in [0.29, 0.717) is 12.2 Å². The molecule has 6 nitrogen and oxygen atoms in total. The van der Waals surface area contributed by atoms with E-state index >= 15 is 0 Å². The van der Waals surface area contributed by atoms with E-state index < -0.39 is 6.04 Å². The van der Waals surface area contributed by atoms with Crippen molar-refractivity contribution >= 4 is 22.5 Å². The first-order chi connectivity index (χ1) is 12.0. The highest BCUT2D eigenvalue weighted by atomic mass is 16.5. The number of rotatable bonds is 2. The number of hydrogen-bond donors (Lipinski definition) is 1. The molecule has 0 spiro atoms. The van der Waals surface area contributed by atoms with Gasteiger partial charge in [-0.3, -0.25) is 9.36 Å². The van der Waals surface area contributed by atoms with E-state index in [-0.39, 0.29) is 5.91 Å². The zero-order valence-electron chi connectivity index (χ0n) is 14.5. The molecule has 1 amide bonds. The Kier molecular flexibility index (Phi) is 3.51. The van der Waals surface area contributed by atoms with Gasteiger partial charge in [0, 0.05) is 24.3 Å². The molecule has 3 heterocycles.